The first-order chi connectivity index (χ1) is 27.2. The number of fused-ring (bicyclic) bond motifs is 1. The smallest absolute Gasteiger partial charge is 0.405 e. The Morgan fingerprint density at radius 2 is 1.61 bits per heavy atom. The van der Waals surface area contributed by atoms with Gasteiger partial charge in [-0.25, -0.2) is 4.79 Å². The van der Waals surface area contributed by atoms with E-state index in [9.17, 15) is 29.7 Å². The molecule has 1 heterocycles. The van der Waals surface area contributed by atoms with E-state index in [-0.39, 0.29) is 35.9 Å². The molecule has 0 bridgehead atoms. The zero-order chi connectivity index (χ0) is 39.4. The zero-order valence-electron chi connectivity index (χ0n) is 30.9. The van der Waals surface area contributed by atoms with Crippen LogP contribution < -0.4 is 25.7 Å². The Bertz CT molecular complexity index is 2310. The number of aromatic amines is 1. The molecule has 0 spiro atoms. The third kappa shape index (κ3) is 9.91. The van der Waals surface area contributed by atoms with Crippen LogP contribution in [0.3, 0.4) is 0 Å². The molecule has 0 aliphatic carbocycles. The molecular weight excluding hydrogens is 713 g/mol. The van der Waals surface area contributed by atoms with Gasteiger partial charge >= 0.3 is 6.09 Å². The number of H-pyrrole nitrogens is 1. The first-order valence-electron chi connectivity index (χ1n) is 18.2. The lowest BCUT2D eigenvalue weighted by molar-refractivity contribution is 0.0739. The molecule has 0 saturated carbocycles. The Morgan fingerprint density at radius 3 is 2.38 bits per heavy atom. The molecule has 0 unspecified atom stereocenters. The summed E-state index contributed by atoms with van der Waals surface area (Å²) in [5.41, 5.74) is 4.27. The maximum Gasteiger partial charge on any atom is 0.405 e. The van der Waals surface area contributed by atoms with Crippen LogP contribution in [0.1, 0.15) is 56.7 Å². The van der Waals surface area contributed by atoms with E-state index >= 15 is 0 Å². The fourth-order valence-electron chi connectivity index (χ4n) is 6.59. The number of aromatic hydroxyl groups is 1. The minimum absolute atomic E-state index is 0.0724. The molecule has 6 N–H and O–H groups in total. The molecule has 6 rings (SSSR count). The van der Waals surface area contributed by atoms with Gasteiger partial charge in [-0.15, -0.1) is 0 Å². The van der Waals surface area contributed by atoms with Gasteiger partial charge in [0.05, 0.1) is 24.8 Å². The van der Waals surface area contributed by atoms with Crippen LogP contribution in [0.4, 0.5) is 4.79 Å². The van der Waals surface area contributed by atoms with Crippen molar-refractivity contribution in [2.24, 2.45) is 0 Å². The summed E-state index contributed by atoms with van der Waals surface area (Å²) < 4.78 is 11.7. The number of methoxy groups -OCH3 is 1. The third-order valence-electron chi connectivity index (χ3n) is 9.42. The molecule has 6 aromatic rings. The number of hydrogen-bond donors (Lipinski definition) is 6. The van der Waals surface area contributed by atoms with Gasteiger partial charge in [0.2, 0.25) is 5.56 Å². The van der Waals surface area contributed by atoms with Crippen molar-refractivity contribution in [3.05, 3.63) is 171 Å². The molecule has 56 heavy (non-hydrogen) atoms. The second kappa shape index (κ2) is 18.6. The van der Waals surface area contributed by atoms with E-state index in [1.165, 1.54) is 12.1 Å². The van der Waals surface area contributed by atoms with Gasteiger partial charge in [-0.1, -0.05) is 78.9 Å². The van der Waals surface area contributed by atoms with E-state index in [1.54, 1.807) is 36.3 Å². The summed E-state index contributed by atoms with van der Waals surface area (Å²) in [6.07, 6.45) is -1.44. The summed E-state index contributed by atoms with van der Waals surface area (Å²) >= 11 is 0. The maximum absolute atomic E-state index is 14.0. The zero-order valence-corrected chi connectivity index (χ0v) is 30.9. The highest BCUT2D eigenvalue weighted by Gasteiger charge is 2.20. The van der Waals surface area contributed by atoms with E-state index in [4.69, 9.17) is 9.47 Å². The minimum Gasteiger partial charge on any atom is -0.506 e. The number of aliphatic hydroxyl groups excluding tert-OH is 1. The monoisotopic (exact) mass is 756 g/mol. The molecule has 2 atom stereocenters. The normalized spacial score (nSPS) is 12.1. The van der Waals surface area contributed by atoms with Gasteiger partial charge in [0.25, 0.3) is 5.91 Å². The molecule has 0 fully saturated rings. The van der Waals surface area contributed by atoms with Crippen molar-refractivity contribution in [3.8, 4) is 17.2 Å². The molecule has 0 aliphatic rings. The van der Waals surface area contributed by atoms with Crippen molar-refractivity contribution in [2.45, 2.75) is 31.7 Å². The van der Waals surface area contributed by atoms with Gasteiger partial charge in [-0.05, 0) is 77.7 Å². The molecule has 1 aromatic heterocycles. The van der Waals surface area contributed by atoms with Gasteiger partial charge in [-0.2, -0.15) is 0 Å². The Hall–Kier alpha value is -6.63. The summed E-state index contributed by atoms with van der Waals surface area (Å²) in [4.78, 5) is 41.7. The summed E-state index contributed by atoms with van der Waals surface area (Å²) in [5.74, 6) is 1.03. The number of rotatable bonds is 17. The molecule has 12 heteroatoms. The number of carboxylic acid groups (broad SMARTS) is 1. The number of benzene rings is 5. The van der Waals surface area contributed by atoms with Crippen molar-refractivity contribution in [1.82, 2.24) is 20.5 Å². The quantitative estimate of drug-likeness (QED) is 0.0566. The number of nitrogens with one attached hydrogen (secondary N) is 3. The molecular formula is C44H44N4O8. The number of pyridine rings is 1. The number of hydrogen-bond acceptors (Lipinski definition) is 8. The number of ether oxygens (including phenoxy) is 2. The molecule has 12 nitrogen and oxygen atoms in total. The summed E-state index contributed by atoms with van der Waals surface area (Å²) in [6.45, 7) is 1.71. The van der Waals surface area contributed by atoms with Crippen molar-refractivity contribution >= 4 is 22.9 Å². The van der Waals surface area contributed by atoms with Gasteiger partial charge in [0, 0.05) is 42.2 Å². The standard InChI is InChI=1S/C44H44N4O8/c1-55-39-14-6-5-11-33(39)27-48(24-8-23-45-26-38(50)35-19-21-37(49)42-36(35)20-22-40(51)46-42)43(52)31-17-15-29(16-18-31)28-56-34-13-7-12-32(25-34)41(47-44(53)54)30-9-3-2-4-10-30/h2-7,9-22,25,38,41,45,47,49-50H,8,23-24,26-28H2,1H3,(H,46,51)(H,53,54)/t38-,41-/m0/s1. The first kappa shape index (κ1) is 39.1. The first-order valence-corrected chi connectivity index (χ1v) is 18.2. The van der Waals surface area contributed by atoms with Crippen LogP contribution >= 0.6 is 0 Å². The number of carbonyl (C=O) groups excluding carboxylic acids is 1. The maximum atomic E-state index is 14.0. The fourth-order valence-corrected chi connectivity index (χ4v) is 6.59. The molecule has 288 valence electrons. The lowest BCUT2D eigenvalue weighted by Gasteiger charge is -2.24. The van der Waals surface area contributed by atoms with Crippen LogP contribution in [0.15, 0.2) is 132 Å². The SMILES string of the molecule is COc1ccccc1CN(CCCNC[C@H](O)c1ccc(O)c2[nH]c(=O)ccc12)C(=O)c1ccc(COc2cccc([C@@H](NC(=O)O)c3ccccc3)c2)cc1. The van der Waals surface area contributed by atoms with Crippen molar-refractivity contribution in [2.75, 3.05) is 26.7 Å². The predicted octanol–water partition coefficient (Wildman–Crippen LogP) is 6.53. The number of aliphatic hydroxyl groups is 1. The van der Waals surface area contributed by atoms with E-state index in [0.29, 0.717) is 54.1 Å². The number of aromatic nitrogens is 1. The number of phenols is 1. The molecule has 0 saturated heterocycles. The van der Waals surface area contributed by atoms with Crippen molar-refractivity contribution in [1.29, 1.82) is 0 Å². The Kier molecular flexibility index (Phi) is 13.0. The van der Waals surface area contributed by atoms with Crippen molar-refractivity contribution in [3.63, 3.8) is 0 Å². The summed E-state index contributed by atoms with van der Waals surface area (Å²) in [7, 11) is 1.60. The van der Waals surface area contributed by atoms with Gasteiger partial charge in [-0.3, -0.25) is 9.59 Å². The van der Waals surface area contributed by atoms with Gasteiger partial charge in [0.15, 0.2) is 0 Å². The second-order valence-electron chi connectivity index (χ2n) is 13.2. The van der Waals surface area contributed by atoms with E-state index < -0.39 is 18.2 Å². The average Bonchev–Trinajstić information content (AvgIpc) is 3.22. The van der Waals surface area contributed by atoms with Crippen LogP contribution in [0, 0.1) is 0 Å². The number of phenolic OH excluding ortho intramolecular Hbond substituents is 1. The largest absolute Gasteiger partial charge is 0.506 e. The van der Waals surface area contributed by atoms with Crippen LogP contribution in [-0.2, 0) is 13.2 Å². The Balaban J connectivity index is 1.08. The summed E-state index contributed by atoms with van der Waals surface area (Å²) in [5, 5.41) is 37.0. The number of para-hydroxylation sites is 1. The molecule has 5 aromatic carbocycles. The van der Waals surface area contributed by atoms with E-state index in [0.717, 1.165) is 22.3 Å². The van der Waals surface area contributed by atoms with Crippen LogP contribution in [-0.4, -0.2) is 63.9 Å². The predicted molar refractivity (Wildman–Crippen MR) is 213 cm³/mol. The highest BCUT2D eigenvalue weighted by atomic mass is 16.5. The minimum atomic E-state index is -1.13. The van der Waals surface area contributed by atoms with Gasteiger partial charge in [0.1, 0.15) is 23.9 Å². The van der Waals surface area contributed by atoms with E-state index in [2.05, 4.69) is 15.6 Å². The fraction of sp³-hybridized carbons (Fsp3) is 0.205. The molecule has 2 amide bonds. The number of amides is 2. The van der Waals surface area contributed by atoms with Gasteiger partial charge < -0.3 is 45.3 Å². The van der Waals surface area contributed by atoms with Crippen LogP contribution in [0.5, 0.6) is 17.2 Å². The molecule has 0 radical (unpaired) electrons. The van der Waals surface area contributed by atoms with Crippen LogP contribution in [0.2, 0.25) is 0 Å². The third-order valence-corrected chi connectivity index (χ3v) is 9.42. The van der Waals surface area contributed by atoms with Crippen LogP contribution in [0.25, 0.3) is 10.9 Å². The Morgan fingerprint density at radius 1 is 0.857 bits per heavy atom. The highest BCUT2D eigenvalue weighted by Crippen LogP contribution is 2.29. The average molecular weight is 757 g/mol. The van der Waals surface area contributed by atoms with Crippen molar-refractivity contribution < 1.29 is 34.4 Å². The topological polar surface area (TPSA) is 173 Å². The summed E-state index contributed by atoms with van der Waals surface area (Å²) in [6, 6.07) is 36.9. The second-order valence-corrected chi connectivity index (χ2v) is 13.2. The Labute approximate surface area is 324 Å². The number of nitrogens with zero attached hydrogens (tertiary/aromatic N) is 1. The lowest BCUT2D eigenvalue weighted by atomic mass is 9.98. The lowest BCUT2D eigenvalue weighted by Crippen LogP contribution is -2.33. The number of carbonyl (C=O) groups is 2. The highest BCUT2D eigenvalue weighted by molar-refractivity contribution is 5.94. The molecule has 0 aliphatic heterocycles. The van der Waals surface area contributed by atoms with E-state index in [1.807, 2.05) is 91.0 Å².